The van der Waals surface area contributed by atoms with Crippen molar-refractivity contribution in [1.29, 1.82) is 0 Å². The van der Waals surface area contributed by atoms with E-state index < -0.39 is 0 Å². The molecule has 290 valence electrons. The number of nitrogens with zero attached hydrogens (tertiary/aromatic N) is 3. The Morgan fingerprint density at radius 3 is 2.29 bits per heavy atom. The van der Waals surface area contributed by atoms with Crippen LogP contribution >= 0.6 is 0 Å². The summed E-state index contributed by atoms with van der Waals surface area (Å²) in [5, 5.41) is 13.1. The highest BCUT2D eigenvalue weighted by Crippen LogP contribution is 2.47. The van der Waals surface area contributed by atoms with E-state index in [1.807, 2.05) is 24.3 Å². The van der Waals surface area contributed by atoms with Crippen molar-refractivity contribution in [3.63, 3.8) is 0 Å². The summed E-state index contributed by atoms with van der Waals surface area (Å²) in [7, 11) is 0. The molecule has 9 nitrogen and oxygen atoms in total. The van der Waals surface area contributed by atoms with Crippen molar-refractivity contribution in [2.45, 2.75) is 37.5 Å². The number of hydrogen-bond acceptors (Lipinski definition) is 8. The minimum atomic E-state index is -0.122. The Balaban J connectivity index is 0.720. The van der Waals surface area contributed by atoms with Crippen LogP contribution in [0, 0.1) is 5.41 Å². The Hall–Kier alpha value is -5.38. The number of aromatic hydroxyl groups is 1. The smallest absolute Gasteiger partial charge is 0.251 e. The molecule has 5 aromatic rings. The Bertz CT molecular complexity index is 2050. The minimum absolute atomic E-state index is 0.122. The topological polar surface area (TPSA) is 96.4 Å². The van der Waals surface area contributed by atoms with Crippen LogP contribution in [-0.2, 0) is 15.9 Å². The van der Waals surface area contributed by atoms with Crippen LogP contribution < -0.4 is 19.9 Å². The first-order valence-electron chi connectivity index (χ1n) is 20.1. The number of anilines is 2. The van der Waals surface area contributed by atoms with Gasteiger partial charge in [-0.05, 0) is 102 Å². The SMILES string of the molecule is O=C(NCCOCCOCCOc1ccc([C@@H]2c3ccc(O)cc3CC[C@@H]2c2ccccc2)cc1)c1ccnc(N2CCC3(CCN(c4ccccc4)C3)C2)c1. The zero-order chi connectivity index (χ0) is 38.2. The fraction of sp³-hybridized carbons (Fsp3) is 0.362. The molecule has 9 heteroatoms. The molecule has 3 atom stereocenters. The lowest BCUT2D eigenvalue weighted by atomic mass is 9.69. The number of ether oxygens (including phenoxy) is 3. The highest BCUT2D eigenvalue weighted by atomic mass is 16.5. The van der Waals surface area contributed by atoms with E-state index in [1.165, 1.54) is 34.4 Å². The average molecular weight is 753 g/mol. The molecule has 1 unspecified atom stereocenters. The number of phenolic OH excluding ortho intramolecular Hbond substituents is 1. The molecule has 0 radical (unpaired) electrons. The first-order chi connectivity index (χ1) is 27.5. The second-order valence-corrected chi connectivity index (χ2v) is 15.4. The zero-order valence-corrected chi connectivity index (χ0v) is 32.0. The maximum absolute atomic E-state index is 13.0. The number of hydrogen-bond donors (Lipinski definition) is 2. The molecule has 1 aromatic heterocycles. The summed E-state index contributed by atoms with van der Waals surface area (Å²) in [6, 6.07) is 39.3. The van der Waals surface area contributed by atoms with Crippen LogP contribution in [0.3, 0.4) is 0 Å². The molecular formula is C47H52N4O5. The third kappa shape index (κ3) is 8.85. The number of carbonyl (C=O) groups excluding carboxylic acids is 1. The van der Waals surface area contributed by atoms with Gasteiger partial charge >= 0.3 is 0 Å². The molecule has 1 aliphatic carbocycles. The fourth-order valence-corrected chi connectivity index (χ4v) is 8.92. The quantitative estimate of drug-likeness (QED) is 0.106. The number of amides is 1. The number of fused-ring (bicyclic) bond motifs is 1. The summed E-state index contributed by atoms with van der Waals surface area (Å²) in [6.45, 7) is 6.64. The summed E-state index contributed by atoms with van der Waals surface area (Å²) in [5.74, 6) is 2.43. The molecule has 3 heterocycles. The fourth-order valence-electron chi connectivity index (χ4n) is 8.92. The predicted molar refractivity (Wildman–Crippen MR) is 220 cm³/mol. The predicted octanol–water partition coefficient (Wildman–Crippen LogP) is 7.60. The molecule has 1 spiro atoms. The number of carbonyl (C=O) groups is 1. The van der Waals surface area contributed by atoms with Crippen molar-refractivity contribution < 1.29 is 24.1 Å². The summed E-state index contributed by atoms with van der Waals surface area (Å²) >= 11 is 0. The molecule has 4 aromatic carbocycles. The first-order valence-corrected chi connectivity index (χ1v) is 20.1. The van der Waals surface area contributed by atoms with Crippen molar-refractivity contribution in [1.82, 2.24) is 10.3 Å². The van der Waals surface area contributed by atoms with Gasteiger partial charge in [0.25, 0.3) is 5.91 Å². The maximum atomic E-state index is 13.0. The van der Waals surface area contributed by atoms with E-state index in [4.69, 9.17) is 14.2 Å². The standard InChI is InChI=1S/C47H52N4O5/c52-40-14-18-43-37(31-40)13-17-42(35-7-3-1-4-8-35)45(43)36-11-15-41(16-12-36)56-30-29-55-28-27-54-26-23-49-46(53)38-19-22-48-44(32-38)51-25-21-47(34-51)20-24-50(33-47)39-9-5-2-6-10-39/h1-12,14-16,18-19,22,31-32,42,45,52H,13,17,20-21,23-30,33-34H2,(H,49,53)/t42-,45+,47?/m1/s1. The van der Waals surface area contributed by atoms with Gasteiger partial charge in [0.15, 0.2) is 0 Å². The van der Waals surface area contributed by atoms with Gasteiger partial charge < -0.3 is 34.4 Å². The van der Waals surface area contributed by atoms with Crippen LogP contribution in [0.4, 0.5) is 11.5 Å². The van der Waals surface area contributed by atoms with E-state index in [9.17, 15) is 9.90 Å². The lowest BCUT2D eigenvalue weighted by Crippen LogP contribution is -2.31. The number of phenols is 1. The summed E-state index contributed by atoms with van der Waals surface area (Å²) < 4.78 is 17.4. The van der Waals surface area contributed by atoms with Gasteiger partial charge in [0.05, 0.1) is 26.4 Å². The van der Waals surface area contributed by atoms with Crippen molar-refractivity contribution >= 4 is 17.4 Å². The molecule has 3 aliphatic rings. The zero-order valence-electron chi connectivity index (χ0n) is 32.0. The van der Waals surface area contributed by atoms with Crippen LogP contribution in [0.5, 0.6) is 11.5 Å². The van der Waals surface area contributed by atoms with Gasteiger partial charge in [-0.1, -0.05) is 66.7 Å². The van der Waals surface area contributed by atoms with E-state index in [0.717, 1.165) is 57.0 Å². The molecule has 2 fully saturated rings. The number of aryl methyl sites for hydroxylation is 1. The number of pyridine rings is 1. The lowest BCUT2D eigenvalue weighted by Gasteiger charge is -2.34. The highest BCUT2D eigenvalue weighted by Gasteiger charge is 2.44. The van der Waals surface area contributed by atoms with Gasteiger partial charge in [0.1, 0.15) is 23.9 Å². The van der Waals surface area contributed by atoms with Gasteiger partial charge in [-0.2, -0.15) is 0 Å². The van der Waals surface area contributed by atoms with Gasteiger partial charge in [-0.15, -0.1) is 0 Å². The third-order valence-corrected chi connectivity index (χ3v) is 11.8. The average Bonchev–Trinajstić information content (AvgIpc) is 3.88. The molecule has 2 aliphatic heterocycles. The van der Waals surface area contributed by atoms with E-state index in [0.29, 0.717) is 56.8 Å². The number of benzene rings is 4. The Morgan fingerprint density at radius 1 is 0.768 bits per heavy atom. The monoisotopic (exact) mass is 752 g/mol. The van der Waals surface area contributed by atoms with E-state index in [1.54, 1.807) is 18.3 Å². The van der Waals surface area contributed by atoms with Crippen LogP contribution in [0.1, 0.15) is 63.7 Å². The molecule has 0 saturated carbocycles. The molecular weight excluding hydrogens is 701 g/mol. The number of para-hydroxylation sites is 1. The number of aromatic nitrogens is 1. The maximum Gasteiger partial charge on any atom is 0.251 e. The first kappa shape index (κ1) is 37.5. The number of nitrogens with one attached hydrogen (secondary N) is 1. The van der Waals surface area contributed by atoms with Gasteiger partial charge in [-0.25, -0.2) is 4.98 Å². The second-order valence-electron chi connectivity index (χ2n) is 15.4. The molecule has 8 rings (SSSR count). The van der Waals surface area contributed by atoms with Crippen molar-refractivity contribution in [2.24, 2.45) is 5.41 Å². The highest BCUT2D eigenvalue weighted by molar-refractivity contribution is 5.94. The van der Waals surface area contributed by atoms with E-state index in [2.05, 4.69) is 99.0 Å². The van der Waals surface area contributed by atoms with Gasteiger partial charge in [0.2, 0.25) is 0 Å². The summed E-state index contributed by atoms with van der Waals surface area (Å²) in [4.78, 5) is 22.4. The Kier molecular flexibility index (Phi) is 11.8. The van der Waals surface area contributed by atoms with Crippen molar-refractivity contribution in [3.8, 4) is 11.5 Å². The minimum Gasteiger partial charge on any atom is -0.508 e. The molecule has 2 saturated heterocycles. The molecule has 0 bridgehead atoms. The molecule has 56 heavy (non-hydrogen) atoms. The molecule has 1 amide bonds. The largest absolute Gasteiger partial charge is 0.508 e. The Labute approximate surface area is 330 Å². The summed E-state index contributed by atoms with van der Waals surface area (Å²) in [6.07, 6.45) is 6.02. The summed E-state index contributed by atoms with van der Waals surface area (Å²) in [5.41, 5.74) is 7.25. The van der Waals surface area contributed by atoms with Crippen LogP contribution in [0.25, 0.3) is 0 Å². The van der Waals surface area contributed by atoms with Crippen molar-refractivity contribution in [2.75, 3.05) is 75.6 Å². The lowest BCUT2D eigenvalue weighted by molar-refractivity contribution is 0.0370. The van der Waals surface area contributed by atoms with Crippen LogP contribution in [-0.4, -0.2) is 81.8 Å². The van der Waals surface area contributed by atoms with Gasteiger partial charge in [0, 0.05) is 61.5 Å². The van der Waals surface area contributed by atoms with Crippen LogP contribution in [0.2, 0.25) is 0 Å². The van der Waals surface area contributed by atoms with Crippen LogP contribution in [0.15, 0.2) is 121 Å². The Morgan fingerprint density at radius 2 is 1.48 bits per heavy atom. The van der Waals surface area contributed by atoms with Crippen molar-refractivity contribution in [3.05, 3.63) is 149 Å². The number of rotatable bonds is 15. The second kappa shape index (κ2) is 17.6. The van der Waals surface area contributed by atoms with Gasteiger partial charge in [-0.3, -0.25) is 4.79 Å². The van der Waals surface area contributed by atoms with E-state index in [-0.39, 0.29) is 17.2 Å². The molecule has 2 N–H and O–H groups in total. The van der Waals surface area contributed by atoms with E-state index >= 15 is 0 Å². The normalized spacial score (nSPS) is 20.3. The third-order valence-electron chi connectivity index (χ3n) is 11.8.